The molecule has 0 nitrogen and oxygen atoms in total. The van der Waals surface area contributed by atoms with Gasteiger partial charge in [-0.2, -0.15) is 0 Å². The molecule has 0 saturated heterocycles. The molecule has 0 N–H and O–H groups in total. The van der Waals surface area contributed by atoms with E-state index in [1.165, 1.54) is 44.9 Å². The molecule has 0 aliphatic heterocycles. The van der Waals surface area contributed by atoms with Crippen molar-refractivity contribution in [3.63, 3.8) is 0 Å². The summed E-state index contributed by atoms with van der Waals surface area (Å²) in [7, 11) is 0. The minimum atomic E-state index is 0.669. The maximum atomic E-state index is 2.74. The van der Waals surface area contributed by atoms with E-state index in [1.807, 2.05) is 0 Å². The lowest BCUT2D eigenvalue weighted by Gasteiger charge is -2.60. The first kappa shape index (κ1) is 20.3. The Morgan fingerprint density at radius 2 is 1.63 bits per heavy atom. The minimum Gasteiger partial charge on any atom is -0.0628 e. The van der Waals surface area contributed by atoms with Gasteiger partial charge in [0.05, 0.1) is 0 Å². The smallest absolute Gasteiger partial charge is 0.0264 e. The fourth-order valence-corrected chi connectivity index (χ4v) is 9.07. The van der Waals surface area contributed by atoms with Crippen molar-refractivity contribution >= 4 is 0 Å². The molecule has 8 atom stereocenters. The average Bonchev–Trinajstić information content (AvgIpc) is 2.98. The van der Waals surface area contributed by atoms with E-state index in [2.05, 4.69) is 41.0 Å². The van der Waals surface area contributed by atoms with Gasteiger partial charge >= 0.3 is 0 Å². The summed E-state index contributed by atoms with van der Waals surface area (Å²) in [6, 6.07) is 0. The van der Waals surface area contributed by atoms with Crippen molar-refractivity contribution < 1.29 is 0 Å². The summed E-state index contributed by atoms with van der Waals surface area (Å²) in [5.41, 5.74) is 1.35. The summed E-state index contributed by atoms with van der Waals surface area (Å²) >= 11 is 0. The van der Waals surface area contributed by atoms with Gasteiger partial charge in [0.2, 0.25) is 0 Å². The van der Waals surface area contributed by atoms with Gasteiger partial charge in [0.25, 0.3) is 0 Å². The summed E-state index contributed by atoms with van der Waals surface area (Å²) < 4.78 is 0. The molecule has 4 fully saturated rings. The highest BCUT2D eigenvalue weighted by Gasteiger charge is 2.59. The molecule has 0 amide bonds. The van der Waals surface area contributed by atoms with Crippen molar-refractivity contribution in [1.82, 2.24) is 0 Å². The quantitative estimate of drug-likeness (QED) is 0.456. The van der Waals surface area contributed by atoms with Gasteiger partial charge < -0.3 is 0 Å². The fourth-order valence-electron chi connectivity index (χ4n) is 9.07. The van der Waals surface area contributed by atoms with Crippen LogP contribution >= 0.6 is 0 Å². The van der Waals surface area contributed by atoms with E-state index in [0.717, 1.165) is 41.4 Å². The molecule has 1 radical (unpaired) electrons. The predicted molar refractivity (Wildman–Crippen MR) is 117 cm³/mol. The Morgan fingerprint density at radius 1 is 0.852 bits per heavy atom. The standard InChI is InChI=1S/C27H47/c1-19(2)9-8-10-20(3)23-14-15-24-22-13-12-21-11-6-7-17-26(21,4)25(22)16-18-27(23,24)5/h6,19-25H,7-18H2,1-5H3/t20-,21-,22+,23-,24-,25-,26+,27-/m1/s1. The Morgan fingerprint density at radius 3 is 2.41 bits per heavy atom. The van der Waals surface area contributed by atoms with Crippen LogP contribution in [0.1, 0.15) is 112 Å². The first-order valence-electron chi connectivity index (χ1n) is 12.7. The van der Waals surface area contributed by atoms with Crippen molar-refractivity contribution in [2.45, 2.75) is 112 Å². The molecule has 4 aliphatic rings. The lowest BCUT2D eigenvalue weighted by molar-refractivity contribution is -0.109. The molecule has 0 aromatic rings. The monoisotopic (exact) mass is 371 g/mol. The third-order valence-corrected chi connectivity index (χ3v) is 10.6. The van der Waals surface area contributed by atoms with E-state index < -0.39 is 0 Å². The normalized spacial score (nSPS) is 48.0. The minimum absolute atomic E-state index is 0.669. The van der Waals surface area contributed by atoms with Crippen LogP contribution in [-0.4, -0.2) is 0 Å². The van der Waals surface area contributed by atoms with Crippen LogP contribution in [0.5, 0.6) is 0 Å². The zero-order valence-electron chi connectivity index (χ0n) is 19.1. The summed E-state index contributed by atoms with van der Waals surface area (Å²) in [6.45, 7) is 12.8. The fraction of sp³-hybridized carbons (Fsp3) is 0.963. The molecule has 4 saturated carbocycles. The van der Waals surface area contributed by atoms with E-state index in [9.17, 15) is 0 Å². The van der Waals surface area contributed by atoms with Crippen LogP contribution < -0.4 is 0 Å². The Labute approximate surface area is 170 Å². The van der Waals surface area contributed by atoms with E-state index >= 15 is 0 Å². The molecule has 0 unspecified atom stereocenters. The van der Waals surface area contributed by atoms with Crippen molar-refractivity contribution in [3.8, 4) is 0 Å². The zero-order chi connectivity index (χ0) is 19.2. The Hall–Kier alpha value is 0. The number of hydrogen-bond donors (Lipinski definition) is 0. The third-order valence-electron chi connectivity index (χ3n) is 10.6. The maximum Gasteiger partial charge on any atom is -0.0264 e. The molecule has 155 valence electrons. The first-order chi connectivity index (χ1) is 12.9. The van der Waals surface area contributed by atoms with Crippen molar-refractivity contribution in [1.29, 1.82) is 0 Å². The summed E-state index contributed by atoms with van der Waals surface area (Å²) in [5, 5.41) is 0. The number of rotatable bonds is 5. The Bertz CT molecular complexity index is 506. The molecule has 27 heavy (non-hydrogen) atoms. The van der Waals surface area contributed by atoms with Gasteiger partial charge in [-0.25, -0.2) is 0 Å². The lowest BCUT2D eigenvalue weighted by Crippen LogP contribution is -2.53. The second kappa shape index (κ2) is 7.68. The Kier molecular flexibility index (Phi) is 5.77. The van der Waals surface area contributed by atoms with Gasteiger partial charge in [-0.3, -0.25) is 0 Å². The van der Waals surface area contributed by atoms with Crippen molar-refractivity contribution in [2.24, 2.45) is 52.3 Å². The largest absolute Gasteiger partial charge is 0.0628 e. The van der Waals surface area contributed by atoms with Crippen LogP contribution in [-0.2, 0) is 0 Å². The average molecular weight is 372 g/mol. The lowest BCUT2D eigenvalue weighted by atomic mass is 9.44. The predicted octanol–water partition coefficient (Wildman–Crippen LogP) is 8.31. The molecule has 0 aromatic carbocycles. The highest BCUT2D eigenvalue weighted by atomic mass is 14.6. The summed E-state index contributed by atoms with van der Waals surface area (Å²) in [4.78, 5) is 0. The second-order valence-electron chi connectivity index (χ2n) is 12.3. The third kappa shape index (κ3) is 3.44. The molecule has 0 heteroatoms. The second-order valence-corrected chi connectivity index (χ2v) is 12.3. The highest BCUT2D eigenvalue weighted by Crippen LogP contribution is 2.68. The molecule has 4 aliphatic carbocycles. The molecular formula is C27H47. The first-order valence-corrected chi connectivity index (χ1v) is 12.7. The van der Waals surface area contributed by atoms with Gasteiger partial charge in [0.1, 0.15) is 0 Å². The van der Waals surface area contributed by atoms with E-state index in [0.29, 0.717) is 10.8 Å². The number of hydrogen-bond acceptors (Lipinski definition) is 0. The topological polar surface area (TPSA) is 0 Å². The van der Waals surface area contributed by atoms with Crippen LogP contribution in [0.25, 0.3) is 0 Å². The summed E-state index contributed by atoms with van der Waals surface area (Å²) in [6.07, 6.45) is 20.6. The van der Waals surface area contributed by atoms with E-state index in [-0.39, 0.29) is 0 Å². The van der Waals surface area contributed by atoms with Crippen LogP contribution in [0.3, 0.4) is 0 Å². The maximum absolute atomic E-state index is 2.74. The van der Waals surface area contributed by atoms with Crippen LogP contribution in [0.2, 0.25) is 0 Å². The molecule has 0 spiro atoms. The van der Waals surface area contributed by atoms with E-state index in [4.69, 9.17) is 0 Å². The SMILES string of the molecule is CC(C)CCC[C@@H](C)[C@H]1CC[C@@H]2[C@@H]3CC[C@H]4C[CH]CC[C@]4(C)[C@@H]3CC[C@@]21C. The molecule has 4 rings (SSSR count). The van der Waals surface area contributed by atoms with Crippen molar-refractivity contribution in [2.75, 3.05) is 0 Å². The molecular weight excluding hydrogens is 324 g/mol. The molecule has 0 bridgehead atoms. The van der Waals surface area contributed by atoms with Gasteiger partial charge in [-0.05, 0) is 116 Å². The van der Waals surface area contributed by atoms with Gasteiger partial charge in [0.15, 0.2) is 0 Å². The van der Waals surface area contributed by atoms with Gasteiger partial charge in [-0.1, -0.05) is 53.9 Å². The Balaban J connectivity index is 1.46. The summed E-state index contributed by atoms with van der Waals surface area (Å²) in [5.74, 6) is 7.03. The van der Waals surface area contributed by atoms with Gasteiger partial charge in [0, 0.05) is 0 Å². The van der Waals surface area contributed by atoms with Gasteiger partial charge in [-0.15, -0.1) is 0 Å². The van der Waals surface area contributed by atoms with Crippen LogP contribution in [0.4, 0.5) is 0 Å². The highest BCUT2D eigenvalue weighted by molar-refractivity contribution is 5.10. The zero-order valence-corrected chi connectivity index (χ0v) is 19.1. The van der Waals surface area contributed by atoms with Crippen LogP contribution in [0.15, 0.2) is 0 Å². The molecule has 0 heterocycles. The van der Waals surface area contributed by atoms with Crippen molar-refractivity contribution in [3.05, 3.63) is 6.42 Å². The van der Waals surface area contributed by atoms with E-state index in [1.54, 1.807) is 32.1 Å². The van der Waals surface area contributed by atoms with Crippen LogP contribution in [0, 0.1) is 58.7 Å². The molecule has 0 aromatic heterocycles. The number of fused-ring (bicyclic) bond motifs is 5.